The molecule has 6 nitrogen and oxygen atoms in total. The molecule has 0 amide bonds. The average Bonchev–Trinajstić information content (AvgIpc) is 2.52. The van der Waals surface area contributed by atoms with E-state index in [1.807, 2.05) is 12.1 Å². The Balaban J connectivity index is 2.23. The Morgan fingerprint density at radius 3 is 2.79 bits per heavy atom. The maximum Gasteiger partial charge on any atom is 0.240 e. The van der Waals surface area contributed by atoms with Crippen molar-refractivity contribution < 1.29 is 0 Å². The summed E-state index contributed by atoms with van der Waals surface area (Å²) in [6, 6.07) is 3.80. The summed E-state index contributed by atoms with van der Waals surface area (Å²) in [7, 11) is 0. The van der Waals surface area contributed by atoms with Gasteiger partial charge in [0.15, 0.2) is 5.82 Å². The lowest BCUT2D eigenvalue weighted by molar-refractivity contribution is 0.875. The Morgan fingerprint density at radius 1 is 1.36 bits per heavy atom. The predicted octanol–water partition coefficient (Wildman–Crippen LogP) is -0.440. The lowest BCUT2D eigenvalue weighted by Gasteiger charge is -2.00. The summed E-state index contributed by atoms with van der Waals surface area (Å²) < 4.78 is 1.27. The minimum atomic E-state index is 0.212. The zero-order chi connectivity index (χ0) is 9.97. The molecule has 2 rings (SSSR count). The van der Waals surface area contributed by atoms with Gasteiger partial charge in [0.05, 0.1) is 0 Å². The maximum absolute atomic E-state index is 5.60. The van der Waals surface area contributed by atoms with Crippen molar-refractivity contribution in [2.24, 2.45) is 0 Å². The van der Waals surface area contributed by atoms with E-state index in [-0.39, 0.29) is 5.95 Å². The Labute approximate surface area is 80.5 Å². The van der Waals surface area contributed by atoms with E-state index in [9.17, 15) is 0 Å². The van der Waals surface area contributed by atoms with E-state index in [4.69, 9.17) is 11.6 Å². The van der Waals surface area contributed by atoms with Crippen molar-refractivity contribution in [3.8, 4) is 0 Å². The summed E-state index contributed by atoms with van der Waals surface area (Å²) in [5.41, 5.74) is 6.46. The number of pyridine rings is 1. The third-order valence-corrected chi connectivity index (χ3v) is 1.88. The average molecular weight is 190 g/mol. The standard InChI is InChI=1S/C8H10N6/c9-8-13-12-7(14(8)10)4-6-2-1-3-11-5-6/h1-3,5H,4,10H2,(H2,9,13). The molecule has 0 aliphatic heterocycles. The summed E-state index contributed by atoms with van der Waals surface area (Å²) in [5.74, 6) is 6.43. The highest BCUT2D eigenvalue weighted by molar-refractivity contribution is 5.21. The van der Waals surface area contributed by atoms with Crippen LogP contribution in [0.2, 0.25) is 0 Å². The third-order valence-electron chi connectivity index (χ3n) is 1.88. The summed E-state index contributed by atoms with van der Waals surface area (Å²) in [6.45, 7) is 0. The Morgan fingerprint density at radius 2 is 2.21 bits per heavy atom. The molecule has 0 atom stereocenters. The zero-order valence-electron chi connectivity index (χ0n) is 7.46. The number of anilines is 1. The van der Waals surface area contributed by atoms with Crippen LogP contribution in [0.1, 0.15) is 11.4 Å². The molecular formula is C8H10N6. The molecule has 72 valence electrons. The molecular weight excluding hydrogens is 180 g/mol. The molecule has 4 N–H and O–H groups in total. The summed E-state index contributed by atoms with van der Waals surface area (Å²) in [5, 5.41) is 7.50. The molecule has 6 heteroatoms. The van der Waals surface area contributed by atoms with Gasteiger partial charge in [0.25, 0.3) is 0 Å². The highest BCUT2D eigenvalue weighted by atomic mass is 15.4. The van der Waals surface area contributed by atoms with Gasteiger partial charge in [-0.1, -0.05) is 6.07 Å². The van der Waals surface area contributed by atoms with Crippen molar-refractivity contribution in [1.29, 1.82) is 0 Å². The first-order valence-corrected chi connectivity index (χ1v) is 4.11. The Kier molecular flexibility index (Phi) is 2.02. The van der Waals surface area contributed by atoms with E-state index in [0.29, 0.717) is 12.2 Å². The van der Waals surface area contributed by atoms with Crippen LogP contribution < -0.4 is 11.6 Å². The van der Waals surface area contributed by atoms with Crippen LogP contribution in [0, 0.1) is 0 Å². The number of aromatic nitrogens is 4. The summed E-state index contributed by atoms with van der Waals surface area (Å²) in [6.07, 6.45) is 4.05. The third kappa shape index (κ3) is 1.49. The van der Waals surface area contributed by atoms with E-state index in [0.717, 1.165) is 5.56 Å². The number of hydrogen-bond donors (Lipinski definition) is 2. The first kappa shape index (κ1) is 8.49. The van der Waals surface area contributed by atoms with Gasteiger partial charge in [-0.05, 0) is 11.6 Å². The molecule has 0 saturated heterocycles. The van der Waals surface area contributed by atoms with Gasteiger partial charge in [-0.3, -0.25) is 4.98 Å². The van der Waals surface area contributed by atoms with Gasteiger partial charge in [-0.15, -0.1) is 10.2 Å². The second-order valence-electron chi connectivity index (χ2n) is 2.88. The highest BCUT2D eigenvalue weighted by Crippen LogP contribution is 2.05. The smallest absolute Gasteiger partial charge is 0.240 e. The highest BCUT2D eigenvalue weighted by Gasteiger charge is 2.06. The van der Waals surface area contributed by atoms with Gasteiger partial charge in [0.1, 0.15) is 0 Å². The first-order valence-electron chi connectivity index (χ1n) is 4.11. The van der Waals surface area contributed by atoms with E-state index in [2.05, 4.69) is 15.2 Å². The largest absolute Gasteiger partial charge is 0.366 e. The van der Waals surface area contributed by atoms with E-state index < -0.39 is 0 Å². The number of nitrogens with two attached hydrogens (primary N) is 2. The zero-order valence-corrected chi connectivity index (χ0v) is 7.46. The molecule has 2 heterocycles. The SMILES string of the molecule is Nc1nnc(Cc2cccnc2)n1N. The van der Waals surface area contributed by atoms with Crippen molar-refractivity contribution in [2.45, 2.75) is 6.42 Å². The quantitative estimate of drug-likeness (QED) is 0.626. The number of nitrogens with zero attached hydrogens (tertiary/aromatic N) is 4. The van der Waals surface area contributed by atoms with Crippen LogP contribution in [-0.4, -0.2) is 19.9 Å². The van der Waals surface area contributed by atoms with Crippen molar-refractivity contribution in [2.75, 3.05) is 11.6 Å². The van der Waals surface area contributed by atoms with E-state index in [1.165, 1.54) is 4.68 Å². The van der Waals surface area contributed by atoms with Crippen LogP contribution in [0.5, 0.6) is 0 Å². The Bertz CT molecular complexity index is 421. The van der Waals surface area contributed by atoms with Crippen LogP contribution >= 0.6 is 0 Å². The normalized spacial score (nSPS) is 10.3. The molecule has 0 aliphatic rings. The maximum atomic E-state index is 5.60. The fourth-order valence-corrected chi connectivity index (χ4v) is 1.14. The van der Waals surface area contributed by atoms with Gasteiger partial charge in [0.2, 0.25) is 5.95 Å². The van der Waals surface area contributed by atoms with Gasteiger partial charge in [-0.25, -0.2) is 4.68 Å². The van der Waals surface area contributed by atoms with Gasteiger partial charge in [-0.2, -0.15) is 0 Å². The Hall–Kier alpha value is -2.11. The fourth-order valence-electron chi connectivity index (χ4n) is 1.14. The van der Waals surface area contributed by atoms with Gasteiger partial charge >= 0.3 is 0 Å². The summed E-state index contributed by atoms with van der Waals surface area (Å²) >= 11 is 0. The minimum Gasteiger partial charge on any atom is -0.366 e. The molecule has 0 fully saturated rings. The molecule has 0 unspecified atom stereocenters. The molecule has 14 heavy (non-hydrogen) atoms. The predicted molar refractivity (Wildman–Crippen MR) is 51.6 cm³/mol. The van der Waals surface area contributed by atoms with Crippen molar-refractivity contribution in [1.82, 2.24) is 19.9 Å². The van der Waals surface area contributed by atoms with Crippen LogP contribution in [0.4, 0.5) is 5.95 Å². The van der Waals surface area contributed by atoms with Crippen molar-refractivity contribution >= 4 is 5.95 Å². The molecule has 0 aliphatic carbocycles. The second kappa shape index (κ2) is 3.33. The van der Waals surface area contributed by atoms with Gasteiger partial charge < -0.3 is 11.6 Å². The van der Waals surface area contributed by atoms with E-state index in [1.54, 1.807) is 12.4 Å². The van der Waals surface area contributed by atoms with E-state index >= 15 is 0 Å². The second-order valence-corrected chi connectivity index (χ2v) is 2.88. The molecule has 0 radical (unpaired) electrons. The molecule has 2 aromatic rings. The van der Waals surface area contributed by atoms with Crippen LogP contribution in [0.3, 0.4) is 0 Å². The summed E-state index contributed by atoms with van der Waals surface area (Å²) in [4.78, 5) is 3.99. The number of nitrogen functional groups attached to an aromatic ring is 2. The fraction of sp³-hybridized carbons (Fsp3) is 0.125. The molecule has 0 spiro atoms. The lowest BCUT2D eigenvalue weighted by atomic mass is 10.2. The topological polar surface area (TPSA) is 95.6 Å². The first-order chi connectivity index (χ1) is 6.77. The van der Waals surface area contributed by atoms with Gasteiger partial charge in [0, 0.05) is 18.8 Å². The number of rotatable bonds is 2. The van der Waals surface area contributed by atoms with Crippen molar-refractivity contribution in [3.63, 3.8) is 0 Å². The monoisotopic (exact) mass is 190 g/mol. The molecule has 0 saturated carbocycles. The lowest BCUT2D eigenvalue weighted by Crippen LogP contribution is -2.15. The molecule has 0 aromatic carbocycles. The van der Waals surface area contributed by atoms with Crippen LogP contribution in [-0.2, 0) is 6.42 Å². The van der Waals surface area contributed by atoms with Crippen LogP contribution in [0.15, 0.2) is 24.5 Å². The number of hydrogen-bond acceptors (Lipinski definition) is 5. The van der Waals surface area contributed by atoms with Crippen LogP contribution in [0.25, 0.3) is 0 Å². The van der Waals surface area contributed by atoms with Crippen molar-refractivity contribution in [3.05, 3.63) is 35.9 Å². The molecule has 2 aromatic heterocycles. The minimum absolute atomic E-state index is 0.212. The molecule has 0 bridgehead atoms.